The van der Waals surface area contributed by atoms with Gasteiger partial charge >= 0.3 is 12.1 Å². The number of aromatic amines is 1. The number of rotatable bonds is 4. The molecule has 1 N–H and O–H groups in total. The molecule has 0 aliphatic rings. The van der Waals surface area contributed by atoms with Crippen LogP contribution >= 0.6 is 15.9 Å². The SMILES string of the molecule is CC(C)OC(=O)c1cc(-c2nc(Br)c(C(F)(F)F)[nH]2)c(F)cc1C(C)(F)F. The Kier molecular flexibility index (Phi) is 5.65. The van der Waals surface area contributed by atoms with Crippen LogP contribution in [-0.4, -0.2) is 22.0 Å². The Morgan fingerprint density at radius 1 is 1.22 bits per heavy atom. The largest absolute Gasteiger partial charge is 0.459 e. The first-order chi connectivity index (χ1) is 12.2. The Balaban J connectivity index is 2.67. The number of ether oxygens (including phenoxy) is 1. The van der Waals surface area contributed by atoms with E-state index in [2.05, 4.69) is 20.9 Å². The fourth-order valence-corrected chi connectivity index (χ4v) is 2.73. The molecular weight excluding hydrogens is 446 g/mol. The van der Waals surface area contributed by atoms with Gasteiger partial charge in [-0.15, -0.1) is 0 Å². The predicted octanol–water partition coefficient (Wildman–Crippen LogP) is 5.67. The number of H-pyrrole nitrogens is 1. The summed E-state index contributed by atoms with van der Waals surface area (Å²) in [5.41, 5.74) is -3.49. The second-order valence-electron chi connectivity index (χ2n) is 5.97. The highest BCUT2D eigenvalue weighted by atomic mass is 79.9. The van der Waals surface area contributed by atoms with Crippen LogP contribution in [0.3, 0.4) is 0 Å². The van der Waals surface area contributed by atoms with E-state index in [9.17, 15) is 31.1 Å². The molecule has 27 heavy (non-hydrogen) atoms. The van der Waals surface area contributed by atoms with Gasteiger partial charge in [-0.2, -0.15) is 13.2 Å². The average molecular weight is 459 g/mol. The van der Waals surface area contributed by atoms with Gasteiger partial charge < -0.3 is 9.72 Å². The van der Waals surface area contributed by atoms with Crippen molar-refractivity contribution in [3.63, 3.8) is 0 Å². The molecule has 1 aromatic heterocycles. The lowest BCUT2D eigenvalue weighted by Gasteiger charge is -2.17. The van der Waals surface area contributed by atoms with Crippen molar-refractivity contribution in [1.82, 2.24) is 9.97 Å². The molecular formula is C16H13BrF6N2O2. The number of halogens is 7. The van der Waals surface area contributed by atoms with E-state index in [-0.39, 0.29) is 0 Å². The first-order valence-electron chi connectivity index (χ1n) is 7.47. The van der Waals surface area contributed by atoms with E-state index in [0.717, 1.165) is 0 Å². The number of aromatic nitrogens is 2. The second-order valence-corrected chi connectivity index (χ2v) is 6.72. The molecule has 0 atom stereocenters. The molecule has 1 aromatic carbocycles. The molecule has 0 aliphatic carbocycles. The van der Waals surface area contributed by atoms with Gasteiger partial charge in [0.1, 0.15) is 16.2 Å². The van der Waals surface area contributed by atoms with Crippen LogP contribution in [0.5, 0.6) is 0 Å². The van der Waals surface area contributed by atoms with E-state index in [1.807, 2.05) is 4.98 Å². The van der Waals surface area contributed by atoms with E-state index in [1.54, 1.807) is 0 Å². The number of carbonyl (C=O) groups is 1. The number of carbonyl (C=O) groups excluding carboxylic acids is 1. The van der Waals surface area contributed by atoms with Gasteiger partial charge in [-0.05, 0) is 41.9 Å². The maximum atomic E-state index is 14.4. The van der Waals surface area contributed by atoms with Gasteiger partial charge in [-0.1, -0.05) is 0 Å². The van der Waals surface area contributed by atoms with Gasteiger partial charge in [0.25, 0.3) is 5.92 Å². The zero-order valence-corrected chi connectivity index (χ0v) is 15.7. The number of hydrogen-bond acceptors (Lipinski definition) is 3. The van der Waals surface area contributed by atoms with Crippen LogP contribution in [-0.2, 0) is 16.8 Å². The van der Waals surface area contributed by atoms with Crippen molar-refractivity contribution < 1.29 is 35.9 Å². The monoisotopic (exact) mass is 458 g/mol. The summed E-state index contributed by atoms with van der Waals surface area (Å²) in [6.45, 7) is 3.41. The van der Waals surface area contributed by atoms with Crippen LogP contribution in [0.1, 0.15) is 42.4 Å². The Morgan fingerprint density at radius 2 is 1.81 bits per heavy atom. The zero-order valence-electron chi connectivity index (χ0n) is 14.1. The van der Waals surface area contributed by atoms with Crippen LogP contribution in [0, 0.1) is 5.82 Å². The number of nitrogens with zero attached hydrogens (tertiary/aromatic N) is 1. The molecule has 0 aliphatic heterocycles. The molecule has 148 valence electrons. The molecule has 0 fully saturated rings. The highest BCUT2D eigenvalue weighted by Gasteiger charge is 2.37. The summed E-state index contributed by atoms with van der Waals surface area (Å²) in [5.74, 6) is -6.62. The van der Waals surface area contributed by atoms with Crippen molar-refractivity contribution in [1.29, 1.82) is 0 Å². The maximum Gasteiger partial charge on any atom is 0.433 e. The molecule has 1 heterocycles. The molecule has 0 radical (unpaired) electrons. The smallest absolute Gasteiger partial charge is 0.433 e. The summed E-state index contributed by atoms with van der Waals surface area (Å²) in [5, 5.41) is 0. The average Bonchev–Trinajstić information content (AvgIpc) is 2.87. The minimum absolute atomic E-state index is 0.385. The maximum absolute atomic E-state index is 14.4. The topological polar surface area (TPSA) is 55.0 Å². The van der Waals surface area contributed by atoms with Gasteiger partial charge in [0.15, 0.2) is 5.69 Å². The minimum Gasteiger partial charge on any atom is -0.459 e. The van der Waals surface area contributed by atoms with E-state index in [1.165, 1.54) is 13.8 Å². The van der Waals surface area contributed by atoms with Crippen molar-refractivity contribution in [2.45, 2.75) is 39.0 Å². The molecule has 0 bridgehead atoms. The highest BCUT2D eigenvalue weighted by molar-refractivity contribution is 9.10. The molecule has 0 amide bonds. The van der Waals surface area contributed by atoms with Crippen molar-refractivity contribution in [3.05, 3.63) is 39.4 Å². The van der Waals surface area contributed by atoms with E-state index < -0.39 is 62.8 Å². The van der Waals surface area contributed by atoms with Crippen molar-refractivity contribution in [2.75, 3.05) is 0 Å². The Morgan fingerprint density at radius 3 is 2.26 bits per heavy atom. The van der Waals surface area contributed by atoms with Crippen LogP contribution in [0.25, 0.3) is 11.4 Å². The normalized spacial score (nSPS) is 12.6. The Hall–Kier alpha value is -2.04. The van der Waals surface area contributed by atoms with Crippen LogP contribution in [0.15, 0.2) is 16.7 Å². The number of esters is 1. The molecule has 0 saturated carbocycles. The van der Waals surface area contributed by atoms with Crippen LogP contribution in [0.2, 0.25) is 0 Å². The lowest BCUT2D eigenvalue weighted by Crippen LogP contribution is -2.19. The van der Waals surface area contributed by atoms with E-state index in [4.69, 9.17) is 4.74 Å². The van der Waals surface area contributed by atoms with Gasteiger partial charge in [0.2, 0.25) is 0 Å². The van der Waals surface area contributed by atoms with Gasteiger partial charge in [-0.3, -0.25) is 0 Å². The number of benzene rings is 1. The molecule has 0 unspecified atom stereocenters. The number of imidazole rings is 1. The zero-order chi connectivity index (χ0) is 20.7. The third-order valence-corrected chi connectivity index (χ3v) is 3.91. The summed E-state index contributed by atoms with van der Waals surface area (Å²) in [7, 11) is 0. The standard InChI is InChI=1S/C16H13BrF6N2O2/c1-6(2)27-14(26)7-4-8(10(18)5-9(7)15(3,19)20)13-24-11(12(17)25-13)16(21,22)23/h4-6H,1-3H3,(H,24,25). The summed E-state index contributed by atoms with van der Waals surface area (Å²) in [6, 6.07) is 1.08. The lowest BCUT2D eigenvalue weighted by atomic mass is 9.98. The fourth-order valence-electron chi connectivity index (χ4n) is 2.23. The van der Waals surface area contributed by atoms with E-state index in [0.29, 0.717) is 19.1 Å². The molecule has 0 saturated heterocycles. The highest BCUT2D eigenvalue weighted by Crippen LogP contribution is 2.38. The van der Waals surface area contributed by atoms with Crippen molar-refractivity contribution >= 4 is 21.9 Å². The van der Waals surface area contributed by atoms with Crippen LogP contribution < -0.4 is 0 Å². The Bertz CT molecular complexity index is 871. The van der Waals surface area contributed by atoms with Crippen molar-refractivity contribution in [3.8, 4) is 11.4 Å². The molecule has 2 rings (SSSR count). The summed E-state index contributed by atoms with van der Waals surface area (Å²) in [4.78, 5) is 17.6. The number of hydrogen-bond donors (Lipinski definition) is 1. The third kappa shape index (κ3) is 4.63. The lowest BCUT2D eigenvalue weighted by molar-refractivity contribution is -0.141. The fraction of sp³-hybridized carbons (Fsp3) is 0.375. The van der Waals surface area contributed by atoms with Gasteiger partial charge in [0, 0.05) is 12.5 Å². The summed E-state index contributed by atoms with van der Waals surface area (Å²) in [6.07, 6.45) is -5.46. The van der Waals surface area contributed by atoms with Crippen molar-refractivity contribution in [2.24, 2.45) is 0 Å². The minimum atomic E-state index is -4.81. The second kappa shape index (κ2) is 7.17. The predicted molar refractivity (Wildman–Crippen MR) is 86.8 cm³/mol. The molecule has 4 nitrogen and oxygen atoms in total. The molecule has 0 spiro atoms. The molecule has 2 aromatic rings. The number of alkyl halides is 5. The van der Waals surface area contributed by atoms with E-state index >= 15 is 0 Å². The first kappa shape index (κ1) is 21.3. The quantitative estimate of drug-likeness (QED) is 0.474. The van der Waals surface area contributed by atoms with Crippen LogP contribution in [0.4, 0.5) is 26.3 Å². The van der Waals surface area contributed by atoms with Gasteiger partial charge in [0.05, 0.1) is 17.2 Å². The molecule has 11 heteroatoms. The number of nitrogens with one attached hydrogen (secondary N) is 1. The Labute approximate surface area is 158 Å². The first-order valence-corrected chi connectivity index (χ1v) is 8.27. The third-order valence-electron chi connectivity index (χ3n) is 3.34. The summed E-state index contributed by atoms with van der Waals surface area (Å²) >= 11 is 2.60. The van der Waals surface area contributed by atoms with Gasteiger partial charge in [-0.25, -0.2) is 22.9 Å². The summed E-state index contributed by atoms with van der Waals surface area (Å²) < 4.78 is 84.8.